The van der Waals surface area contributed by atoms with E-state index in [0.717, 1.165) is 19.0 Å². The zero-order chi connectivity index (χ0) is 8.48. The fraction of sp³-hybridized carbons (Fsp3) is 1.00. The van der Waals surface area contributed by atoms with Crippen molar-refractivity contribution in [3.05, 3.63) is 0 Å². The van der Waals surface area contributed by atoms with Gasteiger partial charge in [0, 0.05) is 11.6 Å². The highest BCUT2D eigenvalue weighted by molar-refractivity contribution is 4.84. The van der Waals surface area contributed by atoms with Crippen molar-refractivity contribution in [1.82, 2.24) is 4.90 Å². The quantitative estimate of drug-likeness (QED) is 0.663. The topological polar surface area (TPSA) is 29.3 Å². The van der Waals surface area contributed by atoms with Gasteiger partial charge in [-0.05, 0) is 46.7 Å². The molecule has 1 rings (SSSR count). The van der Waals surface area contributed by atoms with Crippen molar-refractivity contribution in [1.29, 1.82) is 0 Å². The van der Waals surface area contributed by atoms with Gasteiger partial charge in [0.2, 0.25) is 0 Å². The minimum Gasteiger partial charge on any atom is -0.326 e. The zero-order valence-electron chi connectivity index (χ0n) is 7.93. The van der Waals surface area contributed by atoms with E-state index in [0.29, 0.717) is 0 Å². The van der Waals surface area contributed by atoms with Gasteiger partial charge in [0.1, 0.15) is 0 Å². The maximum Gasteiger partial charge on any atom is 0.0109 e. The number of hydrogen-bond donors (Lipinski definition) is 1. The Morgan fingerprint density at radius 3 is 2.36 bits per heavy atom. The minimum atomic E-state index is 0.00313. The third kappa shape index (κ3) is 3.73. The summed E-state index contributed by atoms with van der Waals surface area (Å²) < 4.78 is 0. The van der Waals surface area contributed by atoms with E-state index in [1.165, 1.54) is 12.8 Å². The first kappa shape index (κ1) is 9.01. The van der Waals surface area contributed by atoms with E-state index >= 15 is 0 Å². The molecule has 1 aliphatic rings. The van der Waals surface area contributed by atoms with E-state index < -0.39 is 0 Å². The first-order valence-electron chi connectivity index (χ1n) is 4.48. The Balaban J connectivity index is 2.10. The van der Waals surface area contributed by atoms with E-state index in [2.05, 4.69) is 25.8 Å². The summed E-state index contributed by atoms with van der Waals surface area (Å²) in [4.78, 5) is 2.43. The van der Waals surface area contributed by atoms with Gasteiger partial charge in [0.05, 0.1) is 0 Å². The van der Waals surface area contributed by atoms with Crippen molar-refractivity contribution in [3.8, 4) is 0 Å². The molecule has 0 aromatic heterocycles. The Labute approximate surface area is 69.8 Å². The van der Waals surface area contributed by atoms with Gasteiger partial charge in [0.15, 0.2) is 0 Å². The summed E-state index contributed by atoms with van der Waals surface area (Å²) in [7, 11) is 2.20. The van der Waals surface area contributed by atoms with E-state index in [1.54, 1.807) is 0 Å². The predicted molar refractivity (Wildman–Crippen MR) is 48.5 cm³/mol. The van der Waals surface area contributed by atoms with Crippen molar-refractivity contribution in [2.75, 3.05) is 13.6 Å². The highest BCUT2D eigenvalue weighted by atomic mass is 15.1. The predicted octanol–water partition coefficient (Wildman–Crippen LogP) is 1.21. The molecular weight excluding hydrogens is 136 g/mol. The molecule has 0 saturated heterocycles. The SMILES string of the molecule is CN(CCC(C)(C)N)C1CC1. The van der Waals surface area contributed by atoms with Gasteiger partial charge < -0.3 is 10.6 Å². The van der Waals surface area contributed by atoms with Crippen LogP contribution in [0.15, 0.2) is 0 Å². The molecule has 2 heteroatoms. The smallest absolute Gasteiger partial charge is 0.0109 e. The summed E-state index contributed by atoms with van der Waals surface area (Å²) in [5.74, 6) is 0. The van der Waals surface area contributed by atoms with Crippen LogP contribution in [0.2, 0.25) is 0 Å². The summed E-state index contributed by atoms with van der Waals surface area (Å²) in [6.07, 6.45) is 3.88. The molecule has 1 fully saturated rings. The Hall–Kier alpha value is -0.0800. The molecule has 0 atom stereocenters. The summed E-state index contributed by atoms with van der Waals surface area (Å²) in [6, 6.07) is 0.873. The molecule has 66 valence electrons. The third-order valence-corrected chi connectivity index (χ3v) is 2.28. The van der Waals surface area contributed by atoms with Crippen molar-refractivity contribution in [2.24, 2.45) is 5.73 Å². The van der Waals surface area contributed by atoms with Gasteiger partial charge in [-0.1, -0.05) is 0 Å². The minimum absolute atomic E-state index is 0.00313. The molecule has 0 radical (unpaired) electrons. The number of rotatable bonds is 4. The van der Waals surface area contributed by atoms with Crippen LogP contribution in [0.1, 0.15) is 33.1 Å². The summed E-state index contributed by atoms with van der Waals surface area (Å²) >= 11 is 0. The van der Waals surface area contributed by atoms with Crippen LogP contribution in [0.4, 0.5) is 0 Å². The van der Waals surface area contributed by atoms with E-state index in [9.17, 15) is 0 Å². The molecule has 1 saturated carbocycles. The average molecular weight is 156 g/mol. The average Bonchev–Trinajstić information content (AvgIpc) is 2.61. The zero-order valence-corrected chi connectivity index (χ0v) is 7.93. The van der Waals surface area contributed by atoms with Gasteiger partial charge in [-0.3, -0.25) is 0 Å². The fourth-order valence-corrected chi connectivity index (χ4v) is 1.16. The van der Waals surface area contributed by atoms with E-state index in [-0.39, 0.29) is 5.54 Å². The van der Waals surface area contributed by atoms with Crippen molar-refractivity contribution < 1.29 is 0 Å². The second-order valence-electron chi connectivity index (χ2n) is 4.45. The van der Waals surface area contributed by atoms with E-state index in [1.807, 2.05) is 0 Å². The molecule has 0 bridgehead atoms. The normalized spacial score (nSPS) is 19.4. The van der Waals surface area contributed by atoms with Crippen LogP contribution in [0, 0.1) is 0 Å². The highest BCUT2D eigenvalue weighted by Crippen LogP contribution is 2.25. The molecule has 0 heterocycles. The maximum atomic E-state index is 5.88. The molecule has 0 aromatic carbocycles. The Bertz CT molecular complexity index is 122. The van der Waals surface area contributed by atoms with Crippen LogP contribution in [-0.4, -0.2) is 30.1 Å². The summed E-state index contributed by atoms with van der Waals surface area (Å²) in [5, 5.41) is 0. The second-order valence-corrected chi connectivity index (χ2v) is 4.45. The summed E-state index contributed by atoms with van der Waals surface area (Å²) in [5.41, 5.74) is 5.88. The van der Waals surface area contributed by atoms with Gasteiger partial charge in [-0.15, -0.1) is 0 Å². The number of hydrogen-bond acceptors (Lipinski definition) is 2. The Morgan fingerprint density at radius 1 is 1.45 bits per heavy atom. The standard InChI is InChI=1S/C9H20N2/c1-9(2,10)6-7-11(3)8-4-5-8/h8H,4-7,10H2,1-3H3. The van der Waals surface area contributed by atoms with Gasteiger partial charge in [-0.25, -0.2) is 0 Å². The van der Waals surface area contributed by atoms with Crippen LogP contribution < -0.4 is 5.73 Å². The fourth-order valence-electron chi connectivity index (χ4n) is 1.16. The van der Waals surface area contributed by atoms with Crippen LogP contribution in [0.25, 0.3) is 0 Å². The van der Waals surface area contributed by atoms with Crippen LogP contribution in [0.5, 0.6) is 0 Å². The Morgan fingerprint density at radius 2 is 2.00 bits per heavy atom. The van der Waals surface area contributed by atoms with E-state index in [4.69, 9.17) is 5.73 Å². The highest BCUT2D eigenvalue weighted by Gasteiger charge is 2.26. The Kier molecular flexibility index (Phi) is 2.55. The molecule has 2 N–H and O–H groups in total. The molecule has 1 aliphatic carbocycles. The number of nitrogens with zero attached hydrogens (tertiary/aromatic N) is 1. The lowest BCUT2D eigenvalue weighted by molar-refractivity contribution is 0.287. The van der Waals surface area contributed by atoms with Gasteiger partial charge >= 0.3 is 0 Å². The maximum absolute atomic E-state index is 5.88. The molecule has 0 aromatic rings. The molecule has 2 nitrogen and oxygen atoms in total. The molecule has 0 aliphatic heterocycles. The largest absolute Gasteiger partial charge is 0.326 e. The first-order valence-corrected chi connectivity index (χ1v) is 4.48. The van der Waals surface area contributed by atoms with Gasteiger partial charge in [-0.2, -0.15) is 0 Å². The second kappa shape index (κ2) is 3.11. The molecule has 0 amide bonds. The third-order valence-electron chi connectivity index (χ3n) is 2.28. The lowest BCUT2D eigenvalue weighted by atomic mass is 10.0. The lowest BCUT2D eigenvalue weighted by Gasteiger charge is -2.23. The summed E-state index contributed by atoms with van der Waals surface area (Å²) in [6.45, 7) is 5.33. The van der Waals surface area contributed by atoms with Gasteiger partial charge in [0.25, 0.3) is 0 Å². The molecule has 0 spiro atoms. The van der Waals surface area contributed by atoms with Crippen LogP contribution in [-0.2, 0) is 0 Å². The van der Waals surface area contributed by atoms with Crippen LogP contribution >= 0.6 is 0 Å². The first-order chi connectivity index (χ1) is 4.99. The molecule has 11 heavy (non-hydrogen) atoms. The van der Waals surface area contributed by atoms with Crippen molar-refractivity contribution in [3.63, 3.8) is 0 Å². The molecule has 0 unspecified atom stereocenters. The number of nitrogens with two attached hydrogens (primary N) is 1. The monoisotopic (exact) mass is 156 g/mol. The van der Waals surface area contributed by atoms with Crippen LogP contribution in [0.3, 0.4) is 0 Å². The van der Waals surface area contributed by atoms with Crippen molar-refractivity contribution >= 4 is 0 Å². The lowest BCUT2D eigenvalue weighted by Crippen LogP contribution is -2.36. The van der Waals surface area contributed by atoms with Crippen molar-refractivity contribution in [2.45, 2.75) is 44.7 Å². The molecular formula is C9H20N2.